The summed E-state index contributed by atoms with van der Waals surface area (Å²) in [6, 6.07) is 11.5. The van der Waals surface area contributed by atoms with Gasteiger partial charge in [-0.3, -0.25) is 0 Å². The molecule has 0 aliphatic rings. The maximum absolute atomic E-state index is 5.35. The van der Waals surface area contributed by atoms with Crippen LogP contribution >= 0.6 is 12.2 Å². The topological polar surface area (TPSA) is 61.0 Å². The normalized spacial score (nSPS) is 10.1. The van der Waals surface area contributed by atoms with Crippen LogP contribution in [0.5, 0.6) is 23.0 Å². The summed E-state index contributed by atoms with van der Waals surface area (Å²) < 4.78 is 21.1. The summed E-state index contributed by atoms with van der Waals surface area (Å²) in [6.45, 7) is 0.757. The number of anilines is 1. The zero-order chi connectivity index (χ0) is 19.6. The van der Waals surface area contributed by atoms with E-state index in [2.05, 4.69) is 10.6 Å². The SMILES string of the molecule is COc1ccc(CCCNC(=S)Nc2ccc(OC)c(OC)c2)cc1OC. The molecule has 0 radical (unpaired) electrons. The largest absolute Gasteiger partial charge is 0.493 e. The van der Waals surface area contributed by atoms with Crippen molar-refractivity contribution >= 4 is 23.0 Å². The number of rotatable bonds is 9. The smallest absolute Gasteiger partial charge is 0.170 e. The molecule has 0 saturated heterocycles. The molecule has 0 aromatic heterocycles. The Balaban J connectivity index is 1.79. The van der Waals surface area contributed by atoms with Crippen LogP contribution in [0.3, 0.4) is 0 Å². The number of ether oxygens (including phenoxy) is 4. The van der Waals surface area contributed by atoms with Crippen molar-refractivity contribution < 1.29 is 18.9 Å². The first-order valence-electron chi connectivity index (χ1n) is 8.59. The van der Waals surface area contributed by atoms with Crippen LogP contribution in [0.15, 0.2) is 36.4 Å². The van der Waals surface area contributed by atoms with Gasteiger partial charge in [-0.2, -0.15) is 0 Å². The zero-order valence-electron chi connectivity index (χ0n) is 16.1. The molecule has 0 unspecified atom stereocenters. The highest BCUT2D eigenvalue weighted by Crippen LogP contribution is 2.30. The second kappa shape index (κ2) is 10.5. The minimum atomic E-state index is 0.564. The van der Waals surface area contributed by atoms with Crippen LogP contribution in [0, 0.1) is 0 Å². The summed E-state index contributed by atoms with van der Waals surface area (Å²) in [5, 5.41) is 6.92. The molecule has 0 heterocycles. The molecule has 0 aliphatic heterocycles. The van der Waals surface area contributed by atoms with Crippen molar-refractivity contribution in [2.75, 3.05) is 40.3 Å². The van der Waals surface area contributed by atoms with Crippen LogP contribution in [0.4, 0.5) is 5.69 Å². The number of methoxy groups -OCH3 is 4. The first-order chi connectivity index (χ1) is 13.1. The summed E-state index contributed by atoms with van der Waals surface area (Å²) in [5.41, 5.74) is 2.03. The van der Waals surface area contributed by atoms with Gasteiger partial charge in [0.1, 0.15) is 0 Å². The fraction of sp³-hybridized carbons (Fsp3) is 0.350. The van der Waals surface area contributed by atoms with Crippen LogP contribution in [0.25, 0.3) is 0 Å². The quantitative estimate of drug-likeness (QED) is 0.501. The molecule has 2 rings (SSSR count). The average Bonchev–Trinajstić information content (AvgIpc) is 2.70. The number of nitrogens with one attached hydrogen (secondary N) is 2. The highest BCUT2D eigenvalue weighted by molar-refractivity contribution is 7.80. The Labute approximate surface area is 165 Å². The van der Waals surface area contributed by atoms with Gasteiger partial charge in [-0.1, -0.05) is 6.07 Å². The van der Waals surface area contributed by atoms with Gasteiger partial charge in [-0.05, 0) is 54.9 Å². The van der Waals surface area contributed by atoms with Gasteiger partial charge in [0.15, 0.2) is 28.1 Å². The van der Waals surface area contributed by atoms with Gasteiger partial charge in [0.25, 0.3) is 0 Å². The molecule has 0 aliphatic carbocycles. The molecular formula is C20H26N2O4S. The first-order valence-corrected chi connectivity index (χ1v) is 9.00. The van der Waals surface area contributed by atoms with Gasteiger partial charge < -0.3 is 29.6 Å². The number of thiocarbonyl (C=S) groups is 1. The van der Waals surface area contributed by atoms with E-state index in [4.69, 9.17) is 31.2 Å². The van der Waals surface area contributed by atoms with E-state index in [-0.39, 0.29) is 0 Å². The van der Waals surface area contributed by atoms with Crippen LogP contribution in [-0.2, 0) is 6.42 Å². The van der Waals surface area contributed by atoms with E-state index in [0.29, 0.717) is 16.6 Å². The Morgan fingerprint density at radius 3 is 2.04 bits per heavy atom. The van der Waals surface area contributed by atoms with Gasteiger partial charge in [-0.25, -0.2) is 0 Å². The minimum absolute atomic E-state index is 0.564. The van der Waals surface area contributed by atoms with Gasteiger partial charge in [-0.15, -0.1) is 0 Å². The van der Waals surface area contributed by atoms with E-state index >= 15 is 0 Å². The molecule has 0 spiro atoms. The van der Waals surface area contributed by atoms with Crippen molar-refractivity contribution in [3.8, 4) is 23.0 Å². The molecule has 0 amide bonds. The Morgan fingerprint density at radius 2 is 1.41 bits per heavy atom. The molecule has 2 aromatic rings. The lowest BCUT2D eigenvalue weighted by Gasteiger charge is -2.13. The molecule has 2 aromatic carbocycles. The number of hydrogen-bond donors (Lipinski definition) is 2. The maximum atomic E-state index is 5.35. The lowest BCUT2D eigenvalue weighted by atomic mass is 10.1. The predicted molar refractivity (Wildman–Crippen MR) is 112 cm³/mol. The maximum Gasteiger partial charge on any atom is 0.170 e. The van der Waals surface area contributed by atoms with E-state index in [1.54, 1.807) is 28.4 Å². The first kappa shape index (κ1) is 20.6. The summed E-state index contributed by atoms with van der Waals surface area (Å²) in [7, 11) is 6.48. The lowest BCUT2D eigenvalue weighted by Crippen LogP contribution is -2.29. The van der Waals surface area contributed by atoms with Crippen molar-refractivity contribution in [2.45, 2.75) is 12.8 Å². The van der Waals surface area contributed by atoms with E-state index in [1.807, 2.05) is 36.4 Å². The second-order valence-electron chi connectivity index (χ2n) is 5.74. The highest BCUT2D eigenvalue weighted by atomic mass is 32.1. The van der Waals surface area contributed by atoms with Crippen molar-refractivity contribution in [1.82, 2.24) is 5.32 Å². The van der Waals surface area contributed by atoms with Crippen LogP contribution in [0.2, 0.25) is 0 Å². The minimum Gasteiger partial charge on any atom is -0.493 e. The molecule has 0 bridgehead atoms. The van der Waals surface area contributed by atoms with E-state index < -0.39 is 0 Å². The predicted octanol–water partition coefficient (Wildman–Crippen LogP) is 3.64. The summed E-state index contributed by atoms with van der Waals surface area (Å²) in [5.74, 6) is 2.81. The third kappa shape index (κ3) is 5.92. The molecule has 27 heavy (non-hydrogen) atoms. The summed E-state index contributed by atoms with van der Waals surface area (Å²) in [6.07, 6.45) is 1.84. The van der Waals surface area contributed by atoms with Gasteiger partial charge in [0, 0.05) is 18.3 Å². The molecule has 6 nitrogen and oxygen atoms in total. The molecule has 0 fully saturated rings. The Kier molecular flexibility index (Phi) is 8.00. The highest BCUT2D eigenvalue weighted by Gasteiger charge is 2.06. The van der Waals surface area contributed by atoms with Crippen LogP contribution in [0.1, 0.15) is 12.0 Å². The molecular weight excluding hydrogens is 364 g/mol. The van der Waals surface area contributed by atoms with Crippen LogP contribution in [-0.4, -0.2) is 40.1 Å². The van der Waals surface area contributed by atoms with E-state index in [1.165, 1.54) is 5.56 Å². The van der Waals surface area contributed by atoms with Crippen molar-refractivity contribution in [3.63, 3.8) is 0 Å². The molecule has 0 atom stereocenters. The van der Waals surface area contributed by atoms with E-state index in [9.17, 15) is 0 Å². The third-order valence-corrected chi connectivity index (χ3v) is 4.26. The fourth-order valence-corrected chi connectivity index (χ4v) is 2.84. The third-order valence-electron chi connectivity index (χ3n) is 4.02. The fourth-order valence-electron chi connectivity index (χ4n) is 2.62. The number of aryl methyl sites for hydroxylation is 1. The Bertz CT molecular complexity index is 768. The average molecular weight is 391 g/mol. The van der Waals surface area contributed by atoms with Gasteiger partial charge in [0.05, 0.1) is 28.4 Å². The van der Waals surface area contributed by atoms with Crippen molar-refractivity contribution in [2.24, 2.45) is 0 Å². The Morgan fingerprint density at radius 1 is 0.815 bits per heavy atom. The standard InChI is InChI=1S/C20H26N2O4S/c1-23-16-9-7-14(12-18(16)25-3)6-5-11-21-20(27)22-15-8-10-17(24-2)19(13-15)26-4/h7-10,12-13H,5-6,11H2,1-4H3,(H2,21,22,27). The molecule has 7 heteroatoms. The molecule has 146 valence electrons. The number of hydrogen-bond acceptors (Lipinski definition) is 5. The van der Waals surface area contributed by atoms with Crippen molar-refractivity contribution in [3.05, 3.63) is 42.0 Å². The second-order valence-corrected chi connectivity index (χ2v) is 6.15. The van der Waals surface area contributed by atoms with Crippen LogP contribution < -0.4 is 29.6 Å². The zero-order valence-corrected chi connectivity index (χ0v) is 16.9. The summed E-state index contributed by atoms with van der Waals surface area (Å²) in [4.78, 5) is 0. The lowest BCUT2D eigenvalue weighted by molar-refractivity contribution is 0.354. The van der Waals surface area contributed by atoms with Gasteiger partial charge in [0.2, 0.25) is 0 Å². The Hall–Kier alpha value is -2.67. The number of benzene rings is 2. The van der Waals surface area contributed by atoms with E-state index in [0.717, 1.165) is 36.6 Å². The molecule has 2 N–H and O–H groups in total. The van der Waals surface area contributed by atoms with Gasteiger partial charge >= 0.3 is 0 Å². The monoisotopic (exact) mass is 390 g/mol. The summed E-state index contributed by atoms with van der Waals surface area (Å²) >= 11 is 5.35. The molecule has 0 saturated carbocycles. The van der Waals surface area contributed by atoms with Crippen molar-refractivity contribution in [1.29, 1.82) is 0 Å².